The average molecular weight is 248 g/mol. The summed E-state index contributed by atoms with van der Waals surface area (Å²) in [7, 11) is 0. The fourth-order valence-electron chi connectivity index (χ4n) is 3.29. The Balaban J connectivity index is 2.60. The zero-order valence-electron chi connectivity index (χ0n) is 9.98. The molecule has 0 heterocycles. The first-order valence-corrected chi connectivity index (χ1v) is 5.58. The molecule has 0 aromatic rings. The van der Waals surface area contributed by atoms with E-state index in [-0.39, 0.29) is 0 Å². The van der Waals surface area contributed by atoms with Crippen LogP contribution in [0.4, 0.5) is 13.2 Å². The molecule has 2 rings (SSSR count). The molecule has 1 unspecified atom stereocenters. The highest BCUT2D eigenvalue weighted by Gasteiger charge is 2.66. The van der Waals surface area contributed by atoms with Crippen molar-refractivity contribution in [2.45, 2.75) is 39.8 Å². The normalized spacial score (nSPS) is 38.7. The monoisotopic (exact) mass is 248 g/mol. The van der Waals surface area contributed by atoms with Crippen LogP contribution in [0, 0.1) is 16.7 Å². The van der Waals surface area contributed by atoms with Crippen LogP contribution in [0.15, 0.2) is 11.3 Å². The first-order valence-electron chi connectivity index (χ1n) is 5.58. The Labute approximate surface area is 97.5 Å². The van der Waals surface area contributed by atoms with Crippen molar-refractivity contribution in [1.29, 1.82) is 0 Å². The molecule has 0 aromatic carbocycles. The summed E-state index contributed by atoms with van der Waals surface area (Å²) in [6.45, 7) is 5.31. The van der Waals surface area contributed by atoms with Crippen LogP contribution in [0.3, 0.4) is 0 Å². The van der Waals surface area contributed by atoms with Gasteiger partial charge in [-0.25, -0.2) is 0 Å². The zero-order chi connectivity index (χ0) is 13.2. The summed E-state index contributed by atoms with van der Waals surface area (Å²) in [4.78, 5) is 12.1. The lowest BCUT2D eigenvalue weighted by atomic mass is 9.70. The Morgan fingerprint density at radius 2 is 1.88 bits per heavy atom. The molecule has 0 radical (unpaired) electrons. The quantitative estimate of drug-likeness (QED) is 0.527. The maximum absolute atomic E-state index is 12.5. The van der Waals surface area contributed by atoms with Crippen molar-refractivity contribution in [3.05, 3.63) is 11.3 Å². The highest BCUT2D eigenvalue weighted by molar-refractivity contribution is 6.05. The minimum atomic E-state index is -4.83. The first-order chi connectivity index (χ1) is 7.53. The molecule has 0 saturated heterocycles. The summed E-state index contributed by atoms with van der Waals surface area (Å²) in [5.41, 5.74) is -1.69. The van der Waals surface area contributed by atoms with E-state index < -0.39 is 40.0 Å². The number of carbonyl (C=O) groups is 1. The van der Waals surface area contributed by atoms with E-state index in [1.807, 2.05) is 0 Å². The number of halogens is 3. The molecular formula is C12H15F3O2. The summed E-state index contributed by atoms with van der Waals surface area (Å²) in [6, 6.07) is 0. The smallest absolute Gasteiger partial charge is 0.449 e. The van der Waals surface area contributed by atoms with Gasteiger partial charge in [0.25, 0.3) is 0 Å². The summed E-state index contributed by atoms with van der Waals surface area (Å²) >= 11 is 0. The molecule has 2 aliphatic carbocycles. The number of aliphatic hydroxyl groups is 1. The van der Waals surface area contributed by atoms with Gasteiger partial charge < -0.3 is 5.11 Å². The van der Waals surface area contributed by atoms with Crippen LogP contribution in [-0.2, 0) is 4.79 Å². The molecule has 0 aromatic heterocycles. The predicted molar refractivity (Wildman–Crippen MR) is 55.3 cm³/mol. The van der Waals surface area contributed by atoms with Gasteiger partial charge in [-0.05, 0) is 24.2 Å². The van der Waals surface area contributed by atoms with E-state index in [2.05, 4.69) is 0 Å². The second-order valence-electron chi connectivity index (χ2n) is 5.73. The van der Waals surface area contributed by atoms with E-state index in [0.717, 1.165) is 0 Å². The van der Waals surface area contributed by atoms with E-state index >= 15 is 0 Å². The lowest BCUT2D eigenvalue weighted by Crippen LogP contribution is -2.32. The number of carbonyl (C=O) groups excluding carboxylic acids is 1. The molecule has 2 aliphatic rings. The van der Waals surface area contributed by atoms with Crippen molar-refractivity contribution in [2.24, 2.45) is 16.7 Å². The fraction of sp³-hybridized carbons (Fsp3) is 0.750. The van der Waals surface area contributed by atoms with Crippen molar-refractivity contribution < 1.29 is 23.1 Å². The molecule has 5 heteroatoms. The van der Waals surface area contributed by atoms with Crippen LogP contribution in [0.1, 0.15) is 33.6 Å². The minimum absolute atomic E-state index is 0.406. The number of ketones is 1. The van der Waals surface area contributed by atoms with Gasteiger partial charge in [0.2, 0.25) is 5.76 Å². The van der Waals surface area contributed by atoms with Crippen LogP contribution < -0.4 is 0 Å². The molecule has 2 bridgehead atoms. The molecule has 96 valence electrons. The number of aliphatic hydroxyl groups excluding tert-OH is 1. The standard InChI is InChI=1S/C12H15F3O2/c1-10(2)6-4-5-11(10,3)8(16)7(6)9(17)12(13,14)15/h6,17H,4-5H2,1-3H3/b9-7-/t6-,11?/m1/s1. The van der Waals surface area contributed by atoms with Gasteiger partial charge in [-0.3, -0.25) is 4.79 Å². The number of fused-ring (bicyclic) bond motifs is 2. The minimum Gasteiger partial charge on any atom is -0.504 e. The van der Waals surface area contributed by atoms with E-state index in [9.17, 15) is 23.1 Å². The molecule has 0 amide bonds. The van der Waals surface area contributed by atoms with Crippen LogP contribution in [0.2, 0.25) is 0 Å². The molecule has 2 saturated carbocycles. The number of alkyl halides is 3. The third kappa shape index (κ3) is 1.31. The number of rotatable bonds is 0. The lowest BCUT2D eigenvalue weighted by molar-refractivity contribution is -0.131. The van der Waals surface area contributed by atoms with Crippen molar-refractivity contribution in [1.82, 2.24) is 0 Å². The summed E-state index contributed by atoms with van der Waals surface area (Å²) in [5, 5.41) is 9.26. The third-order valence-electron chi connectivity index (χ3n) is 4.84. The van der Waals surface area contributed by atoms with Gasteiger partial charge in [0.1, 0.15) is 0 Å². The van der Waals surface area contributed by atoms with Crippen molar-refractivity contribution in [3.63, 3.8) is 0 Å². The molecule has 2 fully saturated rings. The predicted octanol–water partition coefficient (Wildman–Crippen LogP) is 3.39. The average Bonchev–Trinajstić information content (AvgIpc) is 2.47. The molecule has 2 atom stereocenters. The maximum Gasteiger partial charge on any atom is 0.449 e. The lowest BCUT2D eigenvalue weighted by Gasteiger charge is -2.31. The summed E-state index contributed by atoms with van der Waals surface area (Å²) < 4.78 is 37.5. The summed E-state index contributed by atoms with van der Waals surface area (Å²) in [5.74, 6) is -2.71. The van der Waals surface area contributed by atoms with E-state index in [4.69, 9.17) is 0 Å². The molecule has 2 nitrogen and oxygen atoms in total. The second kappa shape index (κ2) is 3.06. The number of allylic oxidation sites excluding steroid dienone is 2. The summed E-state index contributed by atoms with van der Waals surface area (Å²) in [6.07, 6.45) is -3.70. The van der Waals surface area contributed by atoms with Crippen LogP contribution in [0.5, 0.6) is 0 Å². The molecule has 0 spiro atoms. The van der Waals surface area contributed by atoms with Crippen LogP contribution in [-0.4, -0.2) is 17.1 Å². The van der Waals surface area contributed by atoms with E-state index in [1.54, 1.807) is 20.8 Å². The van der Waals surface area contributed by atoms with Crippen LogP contribution >= 0.6 is 0 Å². The number of hydrogen-bond acceptors (Lipinski definition) is 2. The second-order valence-corrected chi connectivity index (χ2v) is 5.73. The molecule has 0 aliphatic heterocycles. The van der Waals surface area contributed by atoms with Crippen molar-refractivity contribution in [3.8, 4) is 0 Å². The Morgan fingerprint density at radius 3 is 2.24 bits per heavy atom. The van der Waals surface area contributed by atoms with Crippen LogP contribution in [0.25, 0.3) is 0 Å². The molecule has 1 N–H and O–H groups in total. The fourth-order valence-corrected chi connectivity index (χ4v) is 3.29. The van der Waals surface area contributed by atoms with Gasteiger partial charge in [-0.15, -0.1) is 0 Å². The topological polar surface area (TPSA) is 37.3 Å². The van der Waals surface area contributed by atoms with Gasteiger partial charge in [0, 0.05) is 11.0 Å². The number of hydrogen-bond donors (Lipinski definition) is 1. The Kier molecular flexibility index (Phi) is 2.24. The zero-order valence-corrected chi connectivity index (χ0v) is 9.98. The van der Waals surface area contributed by atoms with Gasteiger partial charge in [0.05, 0.1) is 0 Å². The van der Waals surface area contributed by atoms with E-state index in [0.29, 0.717) is 12.8 Å². The van der Waals surface area contributed by atoms with Crippen molar-refractivity contribution >= 4 is 5.78 Å². The van der Waals surface area contributed by atoms with Gasteiger partial charge in [-0.2, -0.15) is 13.2 Å². The Hall–Kier alpha value is -1.00. The van der Waals surface area contributed by atoms with Gasteiger partial charge in [-0.1, -0.05) is 20.8 Å². The Morgan fingerprint density at radius 1 is 1.35 bits per heavy atom. The largest absolute Gasteiger partial charge is 0.504 e. The highest BCUT2D eigenvalue weighted by atomic mass is 19.4. The number of Topliss-reactive ketones (excluding diaryl/α,β-unsaturated/α-hetero) is 1. The SMILES string of the molecule is CC12CC[C@H](/C(=C(/O)C(F)(F)F)C1=O)C2(C)C. The Bertz CT molecular complexity index is 420. The third-order valence-corrected chi connectivity index (χ3v) is 4.84. The molecule has 17 heavy (non-hydrogen) atoms. The first kappa shape index (κ1) is 12.5. The van der Waals surface area contributed by atoms with Crippen molar-refractivity contribution in [2.75, 3.05) is 0 Å². The van der Waals surface area contributed by atoms with Gasteiger partial charge in [0.15, 0.2) is 5.78 Å². The maximum atomic E-state index is 12.5. The van der Waals surface area contributed by atoms with Gasteiger partial charge >= 0.3 is 6.18 Å². The molecular weight excluding hydrogens is 233 g/mol. The highest BCUT2D eigenvalue weighted by Crippen LogP contribution is 2.66. The van der Waals surface area contributed by atoms with E-state index in [1.165, 1.54) is 0 Å².